The summed E-state index contributed by atoms with van der Waals surface area (Å²) >= 11 is 3.30. The minimum atomic E-state index is 0.0343. The first-order valence-corrected chi connectivity index (χ1v) is 7.23. The van der Waals surface area contributed by atoms with Crippen LogP contribution in [0.4, 0.5) is 0 Å². The molecule has 2 nitrogen and oxygen atoms in total. The molecule has 0 amide bonds. The van der Waals surface area contributed by atoms with Gasteiger partial charge in [-0.3, -0.25) is 4.79 Å². The molecule has 0 aliphatic heterocycles. The number of ether oxygens (including phenoxy) is 1. The van der Waals surface area contributed by atoms with E-state index in [-0.39, 0.29) is 5.78 Å². The van der Waals surface area contributed by atoms with E-state index in [0.717, 1.165) is 16.6 Å². The Hall–Kier alpha value is -1.61. The van der Waals surface area contributed by atoms with E-state index in [1.807, 2.05) is 43.3 Å². The second kappa shape index (κ2) is 6.53. The van der Waals surface area contributed by atoms with Crippen LogP contribution >= 0.6 is 15.9 Å². The second-order valence-electron chi connectivity index (χ2n) is 4.26. The summed E-state index contributed by atoms with van der Waals surface area (Å²) in [7, 11) is 0. The van der Waals surface area contributed by atoms with Gasteiger partial charge >= 0.3 is 0 Å². The molecule has 0 saturated heterocycles. The van der Waals surface area contributed by atoms with Gasteiger partial charge in [0, 0.05) is 16.5 Å². The van der Waals surface area contributed by atoms with E-state index in [1.165, 1.54) is 0 Å². The van der Waals surface area contributed by atoms with Crippen LogP contribution < -0.4 is 4.74 Å². The number of rotatable bonds is 5. The van der Waals surface area contributed by atoms with Crippen molar-refractivity contribution in [1.82, 2.24) is 0 Å². The molecule has 0 unspecified atom stereocenters. The number of alkyl halides is 1. The molecule has 0 aromatic heterocycles. The second-order valence-corrected chi connectivity index (χ2v) is 5.05. The normalized spacial score (nSPS) is 10.2. The first kappa shape index (κ1) is 13.8. The molecule has 0 spiro atoms. The first-order chi connectivity index (χ1) is 9.20. The maximum absolute atomic E-state index is 12.2. The van der Waals surface area contributed by atoms with E-state index in [9.17, 15) is 4.79 Å². The molecule has 0 N–H and O–H groups in total. The summed E-state index contributed by atoms with van der Waals surface area (Å²) < 4.78 is 5.45. The molecule has 0 fully saturated rings. The fraction of sp³-hybridized carbons (Fsp3) is 0.188. The maximum atomic E-state index is 12.2. The van der Waals surface area contributed by atoms with Gasteiger partial charge in [0.1, 0.15) is 5.75 Å². The summed E-state index contributed by atoms with van der Waals surface area (Å²) in [5, 5.41) is 0.789. The Labute approximate surface area is 121 Å². The minimum Gasteiger partial charge on any atom is -0.493 e. The number of aryl methyl sites for hydroxylation is 1. The van der Waals surface area contributed by atoms with Gasteiger partial charge < -0.3 is 4.74 Å². The molecular weight excluding hydrogens is 304 g/mol. The van der Waals surface area contributed by atoms with Crippen molar-refractivity contribution < 1.29 is 9.53 Å². The number of carbonyl (C=O) groups is 1. The highest BCUT2D eigenvalue weighted by molar-refractivity contribution is 9.09. The Morgan fingerprint density at radius 1 is 1.00 bits per heavy atom. The fourth-order valence-corrected chi connectivity index (χ4v) is 1.89. The largest absolute Gasteiger partial charge is 0.493 e. The molecule has 98 valence electrons. The predicted octanol–water partition coefficient (Wildman–Crippen LogP) is 4.00. The molecule has 2 aromatic rings. The van der Waals surface area contributed by atoms with Gasteiger partial charge in [0.2, 0.25) is 0 Å². The van der Waals surface area contributed by atoms with E-state index < -0.39 is 0 Å². The lowest BCUT2D eigenvalue weighted by Gasteiger charge is -2.05. The monoisotopic (exact) mass is 318 g/mol. The van der Waals surface area contributed by atoms with Gasteiger partial charge in [-0.15, -0.1) is 0 Å². The average Bonchev–Trinajstić information content (AvgIpc) is 2.46. The van der Waals surface area contributed by atoms with Crippen LogP contribution in [0.1, 0.15) is 21.5 Å². The topological polar surface area (TPSA) is 26.3 Å². The molecule has 0 heterocycles. The maximum Gasteiger partial charge on any atom is 0.193 e. The third-order valence-electron chi connectivity index (χ3n) is 2.78. The molecule has 19 heavy (non-hydrogen) atoms. The molecule has 2 rings (SSSR count). The van der Waals surface area contributed by atoms with Crippen LogP contribution in [-0.2, 0) is 0 Å². The van der Waals surface area contributed by atoms with E-state index in [2.05, 4.69) is 15.9 Å². The van der Waals surface area contributed by atoms with E-state index in [1.54, 1.807) is 12.1 Å². The molecule has 0 atom stereocenters. The lowest BCUT2D eigenvalue weighted by atomic mass is 10.0. The van der Waals surface area contributed by atoms with Crippen LogP contribution in [0.15, 0.2) is 48.5 Å². The van der Waals surface area contributed by atoms with Crippen LogP contribution in [-0.4, -0.2) is 17.7 Å². The zero-order valence-electron chi connectivity index (χ0n) is 10.7. The smallest absolute Gasteiger partial charge is 0.193 e. The van der Waals surface area contributed by atoms with Crippen molar-refractivity contribution in [2.24, 2.45) is 0 Å². The summed E-state index contributed by atoms with van der Waals surface area (Å²) in [6, 6.07) is 14.8. The fourth-order valence-electron chi connectivity index (χ4n) is 1.73. The van der Waals surface area contributed by atoms with Crippen LogP contribution in [0, 0.1) is 6.92 Å². The Morgan fingerprint density at radius 3 is 2.05 bits per heavy atom. The summed E-state index contributed by atoms with van der Waals surface area (Å²) in [5.74, 6) is 0.812. The number of hydrogen-bond donors (Lipinski definition) is 0. The lowest BCUT2D eigenvalue weighted by Crippen LogP contribution is -2.02. The number of benzene rings is 2. The van der Waals surface area contributed by atoms with Crippen LogP contribution in [0.3, 0.4) is 0 Å². The third kappa shape index (κ3) is 3.67. The van der Waals surface area contributed by atoms with Crippen molar-refractivity contribution in [3.63, 3.8) is 0 Å². The quantitative estimate of drug-likeness (QED) is 0.615. The van der Waals surface area contributed by atoms with Gasteiger partial charge in [-0.05, 0) is 31.2 Å². The first-order valence-electron chi connectivity index (χ1n) is 6.11. The number of hydrogen-bond acceptors (Lipinski definition) is 2. The highest BCUT2D eigenvalue weighted by atomic mass is 79.9. The zero-order chi connectivity index (χ0) is 13.7. The highest BCUT2D eigenvalue weighted by Gasteiger charge is 2.08. The van der Waals surface area contributed by atoms with Crippen molar-refractivity contribution in [3.05, 3.63) is 65.2 Å². The predicted molar refractivity (Wildman–Crippen MR) is 80.3 cm³/mol. The Balaban J connectivity index is 2.13. The van der Waals surface area contributed by atoms with Crippen LogP contribution in [0.2, 0.25) is 0 Å². The molecule has 0 saturated carbocycles. The zero-order valence-corrected chi connectivity index (χ0v) is 12.3. The van der Waals surface area contributed by atoms with Crippen molar-refractivity contribution in [3.8, 4) is 5.75 Å². The minimum absolute atomic E-state index is 0.0343. The van der Waals surface area contributed by atoms with Gasteiger partial charge in [0.05, 0.1) is 6.61 Å². The molecule has 0 radical (unpaired) electrons. The number of halogens is 1. The van der Waals surface area contributed by atoms with Gasteiger partial charge in [0.25, 0.3) is 0 Å². The molecular formula is C16H15BrO2. The van der Waals surface area contributed by atoms with E-state index in [0.29, 0.717) is 17.7 Å². The van der Waals surface area contributed by atoms with Crippen molar-refractivity contribution in [1.29, 1.82) is 0 Å². The molecule has 0 aliphatic rings. The number of carbonyl (C=O) groups excluding carboxylic acids is 1. The Kier molecular flexibility index (Phi) is 4.74. The summed E-state index contributed by atoms with van der Waals surface area (Å²) in [5.41, 5.74) is 2.53. The van der Waals surface area contributed by atoms with Crippen molar-refractivity contribution >= 4 is 21.7 Å². The molecule has 3 heteroatoms. The average molecular weight is 319 g/mol. The molecule has 0 aliphatic carbocycles. The lowest BCUT2D eigenvalue weighted by molar-refractivity contribution is 0.103. The SMILES string of the molecule is Cc1ccc(C(=O)c2ccc(OCCBr)cc2)cc1. The number of ketones is 1. The van der Waals surface area contributed by atoms with E-state index in [4.69, 9.17) is 4.74 Å². The summed E-state index contributed by atoms with van der Waals surface area (Å²) in [6.45, 7) is 2.62. The summed E-state index contributed by atoms with van der Waals surface area (Å²) in [4.78, 5) is 12.2. The van der Waals surface area contributed by atoms with Gasteiger partial charge in [0.15, 0.2) is 5.78 Å². The standard InChI is InChI=1S/C16H15BrO2/c1-12-2-4-13(5-3-12)16(18)14-6-8-15(9-7-14)19-11-10-17/h2-9H,10-11H2,1H3. The van der Waals surface area contributed by atoms with E-state index >= 15 is 0 Å². The highest BCUT2D eigenvalue weighted by Crippen LogP contribution is 2.16. The van der Waals surface area contributed by atoms with Crippen molar-refractivity contribution in [2.75, 3.05) is 11.9 Å². The molecule has 2 aromatic carbocycles. The Morgan fingerprint density at radius 2 is 1.53 bits per heavy atom. The van der Waals surface area contributed by atoms with Crippen LogP contribution in [0.25, 0.3) is 0 Å². The third-order valence-corrected chi connectivity index (χ3v) is 3.10. The van der Waals surface area contributed by atoms with Crippen LogP contribution in [0.5, 0.6) is 5.75 Å². The Bertz CT molecular complexity index is 544. The van der Waals surface area contributed by atoms with Gasteiger partial charge in [-0.25, -0.2) is 0 Å². The van der Waals surface area contributed by atoms with Gasteiger partial charge in [-0.1, -0.05) is 45.8 Å². The molecule has 0 bridgehead atoms. The van der Waals surface area contributed by atoms with Gasteiger partial charge in [-0.2, -0.15) is 0 Å². The summed E-state index contributed by atoms with van der Waals surface area (Å²) in [6.07, 6.45) is 0. The van der Waals surface area contributed by atoms with Crippen molar-refractivity contribution in [2.45, 2.75) is 6.92 Å².